The molecule has 0 bridgehead atoms. The van der Waals surface area contributed by atoms with E-state index in [9.17, 15) is 4.79 Å². The molecule has 1 heterocycles. The summed E-state index contributed by atoms with van der Waals surface area (Å²) in [6.45, 7) is 3.89. The zero-order valence-corrected chi connectivity index (χ0v) is 15.2. The van der Waals surface area contributed by atoms with Crippen molar-refractivity contribution in [1.82, 2.24) is 5.32 Å². The lowest BCUT2D eigenvalue weighted by molar-refractivity contribution is -0.127. The summed E-state index contributed by atoms with van der Waals surface area (Å²) in [5.74, 6) is 0.656. The molecular formula is C20H21N3OS. The van der Waals surface area contributed by atoms with Crippen molar-refractivity contribution in [2.24, 2.45) is 15.6 Å². The molecule has 2 aromatic rings. The lowest BCUT2D eigenvalue weighted by atomic mass is 9.85. The van der Waals surface area contributed by atoms with Gasteiger partial charge in [0.1, 0.15) is 0 Å². The SMILES string of the molecule is CC(C)(Cc1ccccc1)C(=O)NC1=NN=C(c2ccccc2)CS1. The van der Waals surface area contributed by atoms with Crippen molar-refractivity contribution in [1.29, 1.82) is 0 Å². The van der Waals surface area contributed by atoms with Crippen LogP contribution in [0.3, 0.4) is 0 Å². The Bertz CT molecular complexity index is 798. The van der Waals surface area contributed by atoms with E-state index in [1.807, 2.05) is 74.5 Å². The molecule has 2 aromatic carbocycles. The first-order valence-electron chi connectivity index (χ1n) is 8.23. The van der Waals surface area contributed by atoms with Crippen LogP contribution in [0.15, 0.2) is 70.9 Å². The van der Waals surface area contributed by atoms with E-state index in [1.54, 1.807) is 0 Å². The first-order chi connectivity index (χ1) is 12.0. The van der Waals surface area contributed by atoms with Gasteiger partial charge in [-0.25, -0.2) is 0 Å². The minimum absolute atomic E-state index is 0.0408. The monoisotopic (exact) mass is 351 g/mol. The number of carbonyl (C=O) groups excluding carboxylic acids is 1. The molecule has 0 unspecified atom stereocenters. The molecule has 0 saturated carbocycles. The molecule has 0 saturated heterocycles. The Balaban J connectivity index is 1.65. The molecular weight excluding hydrogens is 330 g/mol. The third-order valence-corrected chi connectivity index (χ3v) is 4.91. The van der Waals surface area contributed by atoms with E-state index in [2.05, 4.69) is 15.5 Å². The van der Waals surface area contributed by atoms with Gasteiger partial charge in [-0.05, 0) is 17.5 Å². The number of benzene rings is 2. The number of rotatable bonds is 4. The van der Waals surface area contributed by atoms with Crippen molar-refractivity contribution < 1.29 is 4.79 Å². The average molecular weight is 351 g/mol. The van der Waals surface area contributed by atoms with Crippen LogP contribution >= 0.6 is 11.8 Å². The molecule has 0 aromatic heterocycles. The molecule has 1 aliphatic heterocycles. The Kier molecular flexibility index (Phi) is 5.34. The summed E-state index contributed by atoms with van der Waals surface area (Å²) in [4.78, 5) is 12.6. The van der Waals surface area contributed by atoms with Crippen LogP contribution in [0.4, 0.5) is 0 Å². The van der Waals surface area contributed by atoms with Gasteiger partial charge in [0.2, 0.25) is 5.91 Å². The summed E-state index contributed by atoms with van der Waals surface area (Å²) >= 11 is 1.50. The minimum Gasteiger partial charge on any atom is -0.303 e. The Labute approximate surface area is 152 Å². The smallest absolute Gasteiger partial charge is 0.231 e. The second-order valence-corrected chi connectivity index (χ2v) is 7.57. The highest BCUT2D eigenvalue weighted by molar-refractivity contribution is 8.14. The van der Waals surface area contributed by atoms with Crippen LogP contribution in [-0.4, -0.2) is 22.5 Å². The molecule has 1 amide bonds. The summed E-state index contributed by atoms with van der Waals surface area (Å²) in [6, 6.07) is 20.0. The fourth-order valence-corrected chi connectivity index (χ4v) is 3.35. The number of hydrogen-bond donors (Lipinski definition) is 1. The topological polar surface area (TPSA) is 53.8 Å². The third-order valence-electron chi connectivity index (χ3n) is 4.04. The summed E-state index contributed by atoms with van der Waals surface area (Å²) in [5, 5.41) is 11.9. The predicted octanol–water partition coefficient (Wildman–Crippen LogP) is 3.88. The van der Waals surface area contributed by atoms with E-state index < -0.39 is 5.41 Å². The Hall–Kier alpha value is -2.40. The minimum atomic E-state index is -0.520. The molecule has 25 heavy (non-hydrogen) atoms. The standard InChI is InChI=1S/C20H21N3OS/c1-20(2,13-15-9-5-3-6-10-15)18(24)21-19-23-22-17(14-25-19)16-11-7-4-8-12-16/h3-12H,13-14H2,1-2H3,(H,21,23,24). The Morgan fingerprint density at radius 1 is 1.04 bits per heavy atom. The third kappa shape index (κ3) is 4.57. The van der Waals surface area contributed by atoms with Crippen molar-refractivity contribution in [3.8, 4) is 0 Å². The molecule has 3 rings (SSSR count). The van der Waals surface area contributed by atoms with Crippen LogP contribution in [0, 0.1) is 5.41 Å². The number of nitrogens with zero attached hydrogens (tertiary/aromatic N) is 2. The van der Waals surface area contributed by atoms with Gasteiger partial charge in [0, 0.05) is 11.2 Å². The molecule has 0 spiro atoms. The van der Waals surface area contributed by atoms with Gasteiger partial charge in [0.25, 0.3) is 0 Å². The lowest BCUT2D eigenvalue weighted by Gasteiger charge is -2.24. The van der Waals surface area contributed by atoms with Gasteiger partial charge >= 0.3 is 0 Å². The molecule has 1 aliphatic rings. The maximum atomic E-state index is 12.6. The zero-order valence-electron chi connectivity index (χ0n) is 14.4. The number of carbonyl (C=O) groups is 1. The molecule has 1 N–H and O–H groups in total. The molecule has 5 heteroatoms. The highest BCUT2D eigenvalue weighted by Crippen LogP contribution is 2.23. The largest absolute Gasteiger partial charge is 0.303 e. The van der Waals surface area contributed by atoms with Crippen LogP contribution < -0.4 is 5.32 Å². The van der Waals surface area contributed by atoms with Crippen LogP contribution in [-0.2, 0) is 11.2 Å². The van der Waals surface area contributed by atoms with Crippen molar-refractivity contribution in [2.75, 3.05) is 5.75 Å². The van der Waals surface area contributed by atoms with Crippen LogP contribution in [0.25, 0.3) is 0 Å². The van der Waals surface area contributed by atoms with Gasteiger partial charge in [0.05, 0.1) is 5.71 Å². The van der Waals surface area contributed by atoms with Gasteiger partial charge in [-0.1, -0.05) is 86.3 Å². The Morgan fingerprint density at radius 3 is 2.28 bits per heavy atom. The number of amides is 1. The van der Waals surface area contributed by atoms with Crippen molar-refractivity contribution in [2.45, 2.75) is 20.3 Å². The van der Waals surface area contributed by atoms with Gasteiger partial charge < -0.3 is 5.32 Å². The second kappa shape index (κ2) is 7.66. The number of hydrogen-bond acceptors (Lipinski definition) is 4. The molecule has 0 atom stereocenters. The average Bonchev–Trinajstić information content (AvgIpc) is 2.63. The quantitative estimate of drug-likeness (QED) is 0.909. The van der Waals surface area contributed by atoms with Crippen molar-refractivity contribution >= 4 is 28.5 Å². The molecule has 0 aliphatic carbocycles. The summed E-state index contributed by atoms with van der Waals surface area (Å²) < 4.78 is 0. The maximum absolute atomic E-state index is 12.6. The van der Waals surface area contributed by atoms with Gasteiger partial charge in [-0.3, -0.25) is 4.79 Å². The van der Waals surface area contributed by atoms with E-state index in [0.717, 1.165) is 16.8 Å². The summed E-state index contributed by atoms with van der Waals surface area (Å²) in [6.07, 6.45) is 0.677. The van der Waals surface area contributed by atoms with Gasteiger partial charge in [0.15, 0.2) is 5.17 Å². The van der Waals surface area contributed by atoms with E-state index >= 15 is 0 Å². The fraction of sp³-hybridized carbons (Fsp3) is 0.250. The van der Waals surface area contributed by atoms with Crippen LogP contribution in [0.1, 0.15) is 25.0 Å². The van der Waals surface area contributed by atoms with E-state index in [1.165, 1.54) is 11.8 Å². The lowest BCUT2D eigenvalue weighted by Crippen LogP contribution is -2.41. The molecule has 4 nitrogen and oxygen atoms in total. The second-order valence-electron chi connectivity index (χ2n) is 6.61. The van der Waals surface area contributed by atoms with Crippen molar-refractivity contribution in [3.05, 3.63) is 71.8 Å². The highest BCUT2D eigenvalue weighted by atomic mass is 32.2. The zero-order chi connectivity index (χ0) is 17.7. The highest BCUT2D eigenvalue weighted by Gasteiger charge is 2.29. The van der Waals surface area contributed by atoms with Gasteiger partial charge in [-0.2, -0.15) is 5.10 Å². The summed E-state index contributed by atoms with van der Waals surface area (Å²) in [7, 11) is 0. The van der Waals surface area contributed by atoms with Crippen molar-refractivity contribution in [3.63, 3.8) is 0 Å². The normalized spacial score (nSPS) is 14.5. The molecule has 0 fully saturated rings. The van der Waals surface area contributed by atoms with E-state index in [-0.39, 0.29) is 5.91 Å². The number of thioether (sulfide) groups is 1. The summed E-state index contributed by atoms with van der Waals surface area (Å²) in [5.41, 5.74) is 2.61. The molecule has 0 radical (unpaired) electrons. The first kappa shape index (κ1) is 17.4. The van der Waals surface area contributed by atoms with E-state index in [4.69, 9.17) is 0 Å². The van der Waals surface area contributed by atoms with E-state index in [0.29, 0.717) is 17.3 Å². The maximum Gasteiger partial charge on any atom is 0.231 e. The first-order valence-corrected chi connectivity index (χ1v) is 9.21. The molecule has 128 valence electrons. The Morgan fingerprint density at radius 2 is 1.68 bits per heavy atom. The van der Waals surface area contributed by atoms with Gasteiger partial charge in [-0.15, -0.1) is 5.10 Å². The predicted molar refractivity (Wildman–Crippen MR) is 105 cm³/mol. The van der Waals surface area contributed by atoms with Crippen LogP contribution in [0.5, 0.6) is 0 Å². The number of amidine groups is 1. The fourth-order valence-electron chi connectivity index (χ4n) is 2.59. The van der Waals surface area contributed by atoms with Crippen LogP contribution in [0.2, 0.25) is 0 Å². The number of nitrogens with one attached hydrogen (secondary N) is 1.